The number of carbonyl (C=O) groups excluding carboxylic acids is 1. The summed E-state index contributed by atoms with van der Waals surface area (Å²) in [6.45, 7) is 3.03. The number of nitrogens with zero attached hydrogens (tertiary/aromatic N) is 1. The fraction of sp³-hybridized carbons (Fsp3) is 0.107. The van der Waals surface area contributed by atoms with E-state index in [1.54, 1.807) is 4.90 Å². The van der Waals surface area contributed by atoms with E-state index in [0.29, 0.717) is 18.7 Å². The van der Waals surface area contributed by atoms with E-state index in [-0.39, 0.29) is 5.91 Å². The highest BCUT2D eigenvalue weighted by atomic mass is 16.5. The summed E-state index contributed by atoms with van der Waals surface area (Å²) < 4.78 is 5.56. The van der Waals surface area contributed by atoms with Gasteiger partial charge < -0.3 is 9.64 Å². The first-order chi connectivity index (χ1) is 15.3. The smallest absolute Gasteiger partial charge is 0.259 e. The van der Waals surface area contributed by atoms with Gasteiger partial charge in [-0.1, -0.05) is 78.9 Å². The standard InChI is InChI=1S/C28H25NO2/c1-2-31-25-19-17-24(18-20-25)29(21-9-12-22-10-4-3-5-11-22)28(30)27-16-8-14-23-13-6-7-15-26(23)27/h3-20H,2,21H2,1H3/b12-9+. The van der Waals surface area contributed by atoms with Crippen molar-refractivity contribution in [1.29, 1.82) is 0 Å². The zero-order chi connectivity index (χ0) is 21.5. The Morgan fingerprint density at radius 3 is 2.32 bits per heavy atom. The van der Waals surface area contributed by atoms with Crippen molar-refractivity contribution in [2.45, 2.75) is 6.92 Å². The quantitative estimate of drug-likeness (QED) is 0.345. The fourth-order valence-electron chi connectivity index (χ4n) is 3.61. The Kier molecular flexibility index (Phi) is 6.44. The van der Waals surface area contributed by atoms with Crippen LogP contribution in [0, 0.1) is 0 Å². The molecular weight excluding hydrogens is 382 g/mol. The third kappa shape index (κ3) is 4.84. The number of anilines is 1. The van der Waals surface area contributed by atoms with Crippen molar-refractivity contribution in [3.8, 4) is 5.75 Å². The molecule has 0 atom stereocenters. The molecule has 0 saturated carbocycles. The lowest BCUT2D eigenvalue weighted by atomic mass is 10.0. The lowest BCUT2D eigenvalue weighted by molar-refractivity contribution is 0.0991. The van der Waals surface area contributed by atoms with Gasteiger partial charge in [-0.3, -0.25) is 4.79 Å². The topological polar surface area (TPSA) is 29.5 Å². The second-order valence-corrected chi connectivity index (χ2v) is 7.18. The first-order valence-electron chi connectivity index (χ1n) is 10.5. The average molecular weight is 408 g/mol. The van der Waals surface area contributed by atoms with Crippen LogP contribution < -0.4 is 9.64 Å². The highest BCUT2D eigenvalue weighted by Crippen LogP contribution is 2.25. The highest BCUT2D eigenvalue weighted by molar-refractivity contribution is 6.14. The molecule has 3 nitrogen and oxygen atoms in total. The second-order valence-electron chi connectivity index (χ2n) is 7.18. The number of fused-ring (bicyclic) bond motifs is 1. The van der Waals surface area contributed by atoms with Crippen molar-refractivity contribution in [3.63, 3.8) is 0 Å². The first-order valence-corrected chi connectivity index (χ1v) is 10.5. The van der Waals surface area contributed by atoms with E-state index in [0.717, 1.165) is 27.8 Å². The van der Waals surface area contributed by atoms with Crippen LogP contribution in [0.2, 0.25) is 0 Å². The van der Waals surface area contributed by atoms with Crippen molar-refractivity contribution in [3.05, 3.63) is 114 Å². The van der Waals surface area contributed by atoms with Gasteiger partial charge in [-0.2, -0.15) is 0 Å². The second kappa shape index (κ2) is 9.77. The zero-order valence-corrected chi connectivity index (χ0v) is 17.6. The monoisotopic (exact) mass is 407 g/mol. The minimum atomic E-state index is -0.0290. The molecular formula is C28H25NO2. The Bertz CT molecular complexity index is 1180. The highest BCUT2D eigenvalue weighted by Gasteiger charge is 2.19. The number of benzene rings is 4. The molecule has 4 aromatic rings. The zero-order valence-electron chi connectivity index (χ0n) is 17.6. The molecule has 0 unspecified atom stereocenters. The molecule has 0 radical (unpaired) electrons. The number of amides is 1. The Balaban J connectivity index is 1.68. The largest absolute Gasteiger partial charge is 0.494 e. The van der Waals surface area contributed by atoms with E-state index in [1.807, 2.05) is 116 Å². The normalized spacial score (nSPS) is 11.0. The third-order valence-corrected chi connectivity index (χ3v) is 5.12. The van der Waals surface area contributed by atoms with Crippen molar-refractivity contribution in [1.82, 2.24) is 0 Å². The number of hydrogen-bond donors (Lipinski definition) is 0. The Hall–Kier alpha value is -3.85. The van der Waals surface area contributed by atoms with Gasteiger partial charge in [0.05, 0.1) is 6.61 Å². The summed E-state index contributed by atoms with van der Waals surface area (Å²) >= 11 is 0. The Morgan fingerprint density at radius 2 is 1.55 bits per heavy atom. The summed E-state index contributed by atoms with van der Waals surface area (Å²) in [6, 6.07) is 31.6. The van der Waals surface area contributed by atoms with Crippen LogP contribution >= 0.6 is 0 Å². The molecule has 0 N–H and O–H groups in total. The Labute approximate surface area is 183 Å². The predicted molar refractivity (Wildman–Crippen MR) is 129 cm³/mol. The van der Waals surface area contributed by atoms with Crippen LogP contribution in [0.5, 0.6) is 5.75 Å². The van der Waals surface area contributed by atoms with Crippen molar-refractivity contribution in [2.24, 2.45) is 0 Å². The molecule has 0 aliphatic carbocycles. The van der Waals surface area contributed by atoms with Gasteiger partial charge in [0.15, 0.2) is 0 Å². The minimum absolute atomic E-state index is 0.0290. The maximum Gasteiger partial charge on any atom is 0.259 e. The summed E-state index contributed by atoms with van der Waals surface area (Å²) in [4.78, 5) is 15.5. The number of carbonyl (C=O) groups is 1. The third-order valence-electron chi connectivity index (χ3n) is 5.12. The van der Waals surface area contributed by atoms with E-state index in [1.165, 1.54) is 0 Å². The molecule has 0 spiro atoms. The summed E-state index contributed by atoms with van der Waals surface area (Å²) in [7, 11) is 0. The van der Waals surface area contributed by atoms with Crippen LogP contribution in [0.3, 0.4) is 0 Å². The fourth-order valence-corrected chi connectivity index (χ4v) is 3.61. The van der Waals surface area contributed by atoms with E-state index < -0.39 is 0 Å². The average Bonchev–Trinajstić information content (AvgIpc) is 2.83. The Morgan fingerprint density at radius 1 is 0.839 bits per heavy atom. The summed E-state index contributed by atoms with van der Waals surface area (Å²) in [5, 5.41) is 2.01. The molecule has 0 aliphatic heterocycles. The van der Waals surface area contributed by atoms with Gasteiger partial charge in [-0.15, -0.1) is 0 Å². The van der Waals surface area contributed by atoms with Crippen LogP contribution in [0.25, 0.3) is 16.8 Å². The van der Waals surface area contributed by atoms with Crippen LogP contribution in [0.1, 0.15) is 22.8 Å². The van der Waals surface area contributed by atoms with Crippen molar-refractivity contribution >= 4 is 28.4 Å². The number of hydrogen-bond acceptors (Lipinski definition) is 2. The van der Waals surface area contributed by atoms with Gasteiger partial charge in [-0.05, 0) is 53.6 Å². The lowest BCUT2D eigenvalue weighted by Gasteiger charge is -2.22. The molecule has 3 heteroatoms. The van der Waals surface area contributed by atoms with Crippen LogP contribution in [-0.2, 0) is 0 Å². The molecule has 0 fully saturated rings. The van der Waals surface area contributed by atoms with Crippen LogP contribution in [0.4, 0.5) is 5.69 Å². The lowest BCUT2D eigenvalue weighted by Crippen LogP contribution is -2.31. The maximum atomic E-state index is 13.7. The van der Waals surface area contributed by atoms with E-state index in [9.17, 15) is 4.79 Å². The minimum Gasteiger partial charge on any atom is -0.494 e. The SMILES string of the molecule is CCOc1ccc(N(C/C=C/c2ccccc2)C(=O)c2cccc3ccccc23)cc1. The molecule has 0 heterocycles. The molecule has 31 heavy (non-hydrogen) atoms. The molecule has 1 amide bonds. The number of rotatable bonds is 7. The first kappa shape index (κ1) is 20.4. The van der Waals surface area contributed by atoms with Crippen molar-refractivity contribution in [2.75, 3.05) is 18.1 Å². The summed E-state index contributed by atoms with van der Waals surface area (Å²) in [5.74, 6) is 0.766. The molecule has 0 bridgehead atoms. The maximum absolute atomic E-state index is 13.7. The van der Waals surface area contributed by atoms with E-state index >= 15 is 0 Å². The van der Waals surface area contributed by atoms with Crippen molar-refractivity contribution < 1.29 is 9.53 Å². The van der Waals surface area contributed by atoms with E-state index in [2.05, 4.69) is 0 Å². The van der Waals surface area contributed by atoms with Crippen LogP contribution in [-0.4, -0.2) is 19.1 Å². The predicted octanol–water partition coefficient (Wildman–Crippen LogP) is 6.60. The van der Waals surface area contributed by atoms with E-state index in [4.69, 9.17) is 4.74 Å². The molecule has 0 aromatic heterocycles. The van der Waals surface area contributed by atoms with Gasteiger partial charge in [-0.25, -0.2) is 0 Å². The molecule has 0 aliphatic rings. The summed E-state index contributed by atoms with van der Waals surface area (Å²) in [6.07, 6.45) is 4.06. The van der Waals surface area contributed by atoms with Gasteiger partial charge in [0.1, 0.15) is 5.75 Å². The van der Waals surface area contributed by atoms with Gasteiger partial charge in [0.25, 0.3) is 5.91 Å². The van der Waals surface area contributed by atoms with Gasteiger partial charge >= 0.3 is 0 Å². The van der Waals surface area contributed by atoms with Crippen LogP contribution in [0.15, 0.2) is 103 Å². The molecule has 4 aromatic carbocycles. The molecule has 0 saturated heterocycles. The van der Waals surface area contributed by atoms with Gasteiger partial charge in [0.2, 0.25) is 0 Å². The number of ether oxygens (including phenoxy) is 1. The molecule has 154 valence electrons. The summed E-state index contributed by atoms with van der Waals surface area (Å²) in [5.41, 5.74) is 2.63. The van der Waals surface area contributed by atoms with Gasteiger partial charge in [0, 0.05) is 17.8 Å². The molecule has 4 rings (SSSR count).